The molecule has 0 saturated heterocycles. The Kier molecular flexibility index (Phi) is 4.52. The van der Waals surface area contributed by atoms with Crippen molar-refractivity contribution in [3.63, 3.8) is 0 Å². The molecule has 0 unspecified atom stereocenters. The normalized spacial score (nSPS) is 11.2. The number of ether oxygens (including phenoxy) is 2. The zero-order chi connectivity index (χ0) is 13.8. The van der Waals surface area contributed by atoms with E-state index in [0.29, 0.717) is 6.07 Å². The van der Waals surface area contributed by atoms with Crippen molar-refractivity contribution in [2.24, 2.45) is 0 Å². The molecule has 0 amide bonds. The van der Waals surface area contributed by atoms with Crippen LogP contribution in [0.2, 0.25) is 0 Å². The van der Waals surface area contributed by atoms with Gasteiger partial charge in [0.2, 0.25) is 0 Å². The first kappa shape index (κ1) is 14.3. The molecule has 100 valence electrons. The maximum atomic E-state index is 13.4. The van der Waals surface area contributed by atoms with Crippen LogP contribution in [0.1, 0.15) is 12.5 Å². The summed E-state index contributed by atoms with van der Waals surface area (Å²) >= 11 is 0. The lowest BCUT2D eigenvalue weighted by Crippen LogP contribution is -2.17. The first-order valence-corrected chi connectivity index (χ1v) is 5.01. The van der Waals surface area contributed by atoms with E-state index in [-0.39, 0.29) is 18.6 Å². The average Bonchev–Trinajstić information content (AvgIpc) is 2.20. The van der Waals surface area contributed by atoms with Gasteiger partial charge in [0.05, 0.1) is 13.0 Å². The molecule has 0 aliphatic heterocycles. The van der Waals surface area contributed by atoms with Crippen LogP contribution in [0.5, 0.6) is 5.75 Å². The molecule has 18 heavy (non-hydrogen) atoms. The van der Waals surface area contributed by atoms with Gasteiger partial charge in [-0.2, -0.15) is 0 Å². The van der Waals surface area contributed by atoms with Crippen molar-refractivity contribution in [1.29, 1.82) is 0 Å². The van der Waals surface area contributed by atoms with Gasteiger partial charge in [-0.25, -0.2) is 4.39 Å². The van der Waals surface area contributed by atoms with Gasteiger partial charge in [-0.15, -0.1) is 13.2 Å². The number of rotatable bonds is 4. The Morgan fingerprint density at radius 2 is 2.00 bits per heavy atom. The van der Waals surface area contributed by atoms with Crippen molar-refractivity contribution in [2.45, 2.75) is 19.7 Å². The zero-order valence-corrected chi connectivity index (χ0v) is 9.38. The molecule has 1 aromatic carbocycles. The topological polar surface area (TPSA) is 35.5 Å². The van der Waals surface area contributed by atoms with Crippen LogP contribution in [-0.4, -0.2) is 18.9 Å². The minimum absolute atomic E-state index is 0.0528. The Labute approximate surface area is 100 Å². The first-order chi connectivity index (χ1) is 8.31. The number of carbonyl (C=O) groups excluding carboxylic acids is 1. The summed E-state index contributed by atoms with van der Waals surface area (Å²) in [6.45, 7) is 1.74. The fourth-order valence-electron chi connectivity index (χ4n) is 1.24. The van der Waals surface area contributed by atoms with Crippen LogP contribution in [0.3, 0.4) is 0 Å². The molecule has 0 heterocycles. The Bertz CT molecular complexity index is 429. The highest BCUT2D eigenvalue weighted by molar-refractivity contribution is 5.72. The molecule has 0 saturated carbocycles. The minimum Gasteiger partial charge on any atom is -0.466 e. The van der Waals surface area contributed by atoms with Crippen molar-refractivity contribution in [2.75, 3.05) is 6.61 Å². The summed E-state index contributed by atoms with van der Waals surface area (Å²) in [5, 5.41) is 0. The Morgan fingerprint density at radius 1 is 1.33 bits per heavy atom. The number of hydrogen-bond donors (Lipinski definition) is 0. The van der Waals surface area contributed by atoms with E-state index in [1.165, 1.54) is 0 Å². The molecule has 3 nitrogen and oxygen atoms in total. The van der Waals surface area contributed by atoms with Gasteiger partial charge in [0.15, 0.2) is 0 Å². The fourth-order valence-corrected chi connectivity index (χ4v) is 1.24. The van der Waals surface area contributed by atoms with E-state index in [4.69, 9.17) is 0 Å². The van der Waals surface area contributed by atoms with Crippen LogP contribution in [0.25, 0.3) is 0 Å². The van der Waals surface area contributed by atoms with Crippen molar-refractivity contribution in [1.82, 2.24) is 0 Å². The Hall–Kier alpha value is -1.79. The third-order valence-electron chi connectivity index (χ3n) is 1.90. The van der Waals surface area contributed by atoms with Gasteiger partial charge in [-0.05, 0) is 18.6 Å². The van der Waals surface area contributed by atoms with Crippen molar-refractivity contribution < 1.29 is 31.8 Å². The van der Waals surface area contributed by atoms with E-state index in [1.54, 1.807) is 6.92 Å². The summed E-state index contributed by atoms with van der Waals surface area (Å²) in [6.07, 6.45) is -5.22. The number of hydrogen-bond acceptors (Lipinski definition) is 3. The third-order valence-corrected chi connectivity index (χ3v) is 1.90. The van der Waals surface area contributed by atoms with Crippen molar-refractivity contribution in [3.8, 4) is 5.75 Å². The maximum absolute atomic E-state index is 13.4. The molecule has 0 atom stereocenters. The van der Waals surface area contributed by atoms with Crippen LogP contribution < -0.4 is 4.74 Å². The molecule has 1 aromatic rings. The van der Waals surface area contributed by atoms with Gasteiger partial charge in [0.1, 0.15) is 11.6 Å². The number of carbonyl (C=O) groups is 1. The molecule has 1 rings (SSSR count). The highest BCUT2D eigenvalue weighted by Gasteiger charge is 2.31. The van der Waals surface area contributed by atoms with Gasteiger partial charge in [-0.1, -0.05) is 6.07 Å². The molecule has 0 bridgehead atoms. The number of benzene rings is 1. The van der Waals surface area contributed by atoms with Crippen LogP contribution in [0, 0.1) is 5.82 Å². The van der Waals surface area contributed by atoms with Crippen molar-refractivity contribution >= 4 is 5.97 Å². The van der Waals surface area contributed by atoms with E-state index >= 15 is 0 Å². The predicted octanol–water partition coefficient (Wildman–Crippen LogP) is 2.83. The highest BCUT2D eigenvalue weighted by Crippen LogP contribution is 2.24. The number of esters is 1. The molecule has 0 aliphatic rings. The van der Waals surface area contributed by atoms with E-state index in [1.807, 2.05) is 0 Å². The summed E-state index contributed by atoms with van der Waals surface area (Å²) in [6, 6.07) is 2.56. The van der Waals surface area contributed by atoms with Crippen LogP contribution >= 0.6 is 0 Å². The monoisotopic (exact) mass is 266 g/mol. The lowest BCUT2D eigenvalue weighted by molar-refractivity contribution is -0.274. The second-order valence-corrected chi connectivity index (χ2v) is 3.28. The molecule has 0 spiro atoms. The lowest BCUT2D eigenvalue weighted by Gasteiger charge is -2.10. The first-order valence-electron chi connectivity index (χ1n) is 5.01. The van der Waals surface area contributed by atoms with Crippen molar-refractivity contribution in [3.05, 3.63) is 29.6 Å². The van der Waals surface area contributed by atoms with E-state index in [2.05, 4.69) is 9.47 Å². The molecule has 0 N–H and O–H groups in total. The van der Waals surface area contributed by atoms with E-state index < -0.39 is 23.9 Å². The molecule has 0 aliphatic carbocycles. The predicted molar refractivity (Wildman–Crippen MR) is 53.4 cm³/mol. The second-order valence-electron chi connectivity index (χ2n) is 3.28. The quantitative estimate of drug-likeness (QED) is 0.621. The molecular weight excluding hydrogens is 256 g/mol. The fraction of sp³-hybridized carbons (Fsp3) is 0.364. The van der Waals surface area contributed by atoms with Crippen LogP contribution in [-0.2, 0) is 16.0 Å². The summed E-state index contributed by atoms with van der Waals surface area (Å²) in [5.41, 5.74) is -0.0528. The van der Waals surface area contributed by atoms with Gasteiger partial charge >= 0.3 is 12.3 Å². The largest absolute Gasteiger partial charge is 0.573 e. The Morgan fingerprint density at radius 3 is 2.50 bits per heavy atom. The SMILES string of the molecule is CCOC(=O)Cc1ccc(OC(F)(F)F)cc1F. The minimum atomic E-state index is -4.88. The van der Waals surface area contributed by atoms with E-state index in [9.17, 15) is 22.4 Å². The maximum Gasteiger partial charge on any atom is 0.573 e. The standard InChI is InChI=1S/C11H10F4O3/c1-2-17-10(16)5-7-3-4-8(6-9(7)12)18-11(13,14)15/h3-4,6H,2,5H2,1H3. The van der Waals surface area contributed by atoms with Crippen LogP contribution in [0.4, 0.5) is 17.6 Å². The summed E-state index contributed by atoms with van der Waals surface area (Å²) in [4.78, 5) is 11.1. The van der Waals surface area contributed by atoms with Crippen LogP contribution in [0.15, 0.2) is 18.2 Å². The smallest absolute Gasteiger partial charge is 0.466 e. The van der Waals surface area contributed by atoms with Gasteiger partial charge in [0, 0.05) is 6.07 Å². The molecule has 0 radical (unpaired) electrons. The van der Waals surface area contributed by atoms with Gasteiger partial charge in [0.25, 0.3) is 0 Å². The number of alkyl halides is 3. The molecule has 0 fully saturated rings. The van der Waals surface area contributed by atoms with Gasteiger partial charge < -0.3 is 9.47 Å². The highest BCUT2D eigenvalue weighted by atomic mass is 19.4. The van der Waals surface area contributed by atoms with E-state index in [0.717, 1.165) is 12.1 Å². The average molecular weight is 266 g/mol. The second kappa shape index (κ2) is 5.70. The lowest BCUT2D eigenvalue weighted by atomic mass is 10.1. The zero-order valence-electron chi connectivity index (χ0n) is 9.38. The summed E-state index contributed by atoms with van der Waals surface area (Å²) < 4.78 is 57.1. The third kappa shape index (κ3) is 4.60. The Balaban J connectivity index is 2.77. The van der Waals surface area contributed by atoms with Gasteiger partial charge in [-0.3, -0.25) is 4.79 Å². The number of halogens is 4. The molecule has 0 aromatic heterocycles. The summed E-state index contributed by atoms with van der Waals surface area (Å²) in [5.74, 6) is -2.28. The molecular formula is C11H10F4O3. The summed E-state index contributed by atoms with van der Waals surface area (Å²) in [7, 11) is 0. The molecule has 7 heteroatoms.